The van der Waals surface area contributed by atoms with Crippen molar-refractivity contribution in [2.24, 2.45) is 0 Å². The van der Waals surface area contributed by atoms with Gasteiger partial charge in [-0.05, 0) is 0 Å². The van der Waals surface area contributed by atoms with E-state index in [4.69, 9.17) is 15.5 Å². The summed E-state index contributed by atoms with van der Waals surface area (Å²) < 4.78 is 0. The first-order valence-corrected chi connectivity index (χ1v) is 3.81. The van der Waals surface area contributed by atoms with Gasteiger partial charge < -0.3 is 15.5 Å². The van der Waals surface area contributed by atoms with Crippen LogP contribution in [-0.4, -0.2) is 16.1 Å². The van der Waals surface area contributed by atoms with Crippen molar-refractivity contribution in [2.45, 2.75) is 6.42 Å². The zero-order valence-corrected chi connectivity index (χ0v) is 7.19. The largest absolute Gasteiger partial charge is 0.508 e. The van der Waals surface area contributed by atoms with Crippen molar-refractivity contribution in [3.05, 3.63) is 18.2 Å². The van der Waals surface area contributed by atoms with Crippen molar-refractivity contribution in [1.29, 1.82) is 5.26 Å². The van der Waals surface area contributed by atoms with Crippen LogP contribution in [0.5, 0.6) is 11.5 Å². The van der Waals surface area contributed by atoms with E-state index in [1.807, 2.05) is 0 Å². The highest BCUT2D eigenvalue weighted by atomic mass is 16.3. The number of carbonyl (C=O) groups is 1. The third-order valence-corrected chi connectivity index (χ3v) is 1.43. The number of benzene rings is 1. The molecule has 0 fully saturated rings. The Balaban J connectivity index is 2.77. The van der Waals surface area contributed by atoms with E-state index in [-0.39, 0.29) is 23.6 Å². The number of hydrogen-bond acceptors (Lipinski definition) is 4. The molecule has 3 N–H and O–H groups in total. The summed E-state index contributed by atoms with van der Waals surface area (Å²) in [6.07, 6.45) is -0.267. The van der Waals surface area contributed by atoms with Gasteiger partial charge in [-0.2, -0.15) is 5.26 Å². The van der Waals surface area contributed by atoms with E-state index in [0.717, 1.165) is 6.07 Å². The Bertz CT molecular complexity index is 375. The number of phenols is 2. The molecule has 0 spiro atoms. The highest BCUT2D eigenvalue weighted by molar-refractivity contribution is 5.92. The minimum absolute atomic E-state index is 0.155. The highest BCUT2D eigenvalue weighted by Crippen LogP contribution is 2.23. The van der Waals surface area contributed by atoms with Crippen LogP contribution >= 0.6 is 0 Å². The number of hydrogen-bond donors (Lipinski definition) is 3. The summed E-state index contributed by atoms with van der Waals surface area (Å²) in [5, 5.41) is 28.7. The standard InChI is InChI=1S/C9H8N2O3/c10-2-1-9(14)11-6-3-7(12)5-8(13)4-6/h3-5,12-13H,1H2,(H,11,14). The number of carbonyl (C=O) groups excluding carboxylic acids is 1. The number of amides is 1. The van der Waals surface area contributed by atoms with Gasteiger partial charge in [-0.1, -0.05) is 0 Å². The SMILES string of the molecule is N#CCC(=O)Nc1cc(O)cc(O)c1. The van der Waals surface area contributed by atoms with Gasteiger partial charge in [0.05, 0.1) is 6.07 Å². The number of rotatable bonds is 2. The van der Waals surface area contributed by atoms with Gasteiger partial charge in [0.2, 0.25) is 5.91 Å². The van der Waals surface area contributed by atoms with Gasteiger partial charge in [0.25, 0.3) is 0 Å². The zero-order chi connectivity index (χ0) is 10.6. The van der Waals surface area contributed by atoms with Crippen molar-refractivity contribution < 1.29 is 15.0 Å². The molecule has 0 aliphatic carbocycles. The van der Waals surface area contributed by atoms with Crippen LogP contribution in [0.4, 0.5) is 5.69 Å². The number of phenolic OH excluding ortho intramolecular Hbond substituents is 2. The van der Waals surface area contributed by atoms with Crippen molar-refractivity contribution in [1.82, 2.24) is 0 Å². The van der Waals surface area contributed by atoms with Gasteiger partial charge in [-0.3, -0.25) is 4.79 Å². The van der Waals surface area contributed by atoms with Crippen LogP contribution in [0.15, 0.2) is 18.2 Å². The second-order valence-electron chi connectivity index (χ2n) is 2.62. The predicted molar refractivity (Wildman–Crippen MR) is 48.6 cm³/mol. The molecule has 72 valence electrons. The summed E-state index contributed by atoms with van der Waals surface area (Å²) in [5.41, 5.74) is 0.253. The molecule has 5 heteroatoms. The fourth-order valence-corrected chi connectivity index (χ4v) is 0.944. The molecule has 1 amide bonds. The minimum Gasteiger partial charge on any atom is -0.508 e. The van der Waals surface area contributed by atoms with Crippen LogP contribution in [0.1, 0.15) is 6.42 Å². The molecule has 0 saturated carbocycles. The van der Waals surface area contributed by atoms with Gasteiger partial charge in [-0.25, -0.2) is 0 Å². The molecule has 1 aromatic carbocycles. The van der Waals surface area contributed by atoms with E-state index >= 15 is 0 Å². The second kappa shape index (κ2) is 4.14. The molecule has 0 aliphatic rings. The third kappa shape index (κ3) is 2.68. The summed E-state index contributed by atoms with van der Waals surface area (Å²) in [6, 6.07) is 5.36. The lowest BCUT2D eigenvalue weighted by Crippen LogP contribution is -2.09. The quantitative estimate of drug-likeness (QED) is 0.650. The lowest BCUT2D eigenvalue weighted by molar-refractivity contribution is -0.115. The van der Waals surface area contributed by atoms with Gasteiger partial charge in [0.1, 0.15) is 17.9 Å². The number of nitriles is 1. The maximum absolute atomic E-state index is 10.9. The molecular formula is C9H8N2O3. The smallest absolute Gasteiger partial charge is 0.238 e. The fourth-order valence-electron chi connectivity index (χ4n) is 0.944. The predicted octanol–water partition coefficient (Wildman–Crippen LogP) is 0.950. The summed E-state index contributed by atoms with van der Waals surface area (Å²) in [5.74, 6) is -0.799. The second-order valence-corrected chi connectivity index (χ2v) is 2.62. The lowest BCUT2D eigenvalue weighted by atomic mass is 10.2. The molecule has 0 aromatic heterocycles. The normalized spacial score (nSPS) is 9.07. The van der Waals surface area contributed by atoms with Crippen molar-refractivity contribution in [3.8, 4) is 17.6 Å². The highest BCUT2D eigenvalue weighted by Gasteiger charge is 2.03. The van der Waals surface area contributed by atoms with Crippen LogP contribution in [0, 0.1) is 11.3 Å². The Hall–Kier alpha value is -2.22. The monoisotopic (exact) mass is 192 g/mol. The third-order valence-electron chi connectivity index (χ3n) is 1.43. The first-order chi connectivity index (χ1) is 6.61. The number of anilines is 1. The van der Waals surface area contributed by atoms with E-state index in [0.29, 0.717) is 0 Å². The topological polar surface area (TPSA) is 93.4 Å². The molecule has 5 nitrogen and oxygen atoms in total. The average molecular weight is 192 g/mol. The molecule has 0 heterocycles. The first kappa shape index (κ1) is 9.86. The van der Waals surface area contributed by atoms with Crippen LogP contribution in [0.3, 0.4) is 0 Å². The van der Waals surface area contributed by atoms with Gasteiger partial charge in [0, 0.05) is 23.9 Å². The molecule has 1 aromatic rings. The Morgan fingerprint density at radius 3 is 2.43 bits per heavy atom. The Morgan fingerprint density at radius 2 is 1.93 bits per heavy atom. The van der Waals surface area contributed by atoms with Gasteiger partial charge >= 0.3 is 0 Å². The van der Waals surface area contributed by atoms with E-state index in [1.165, 1.54) is 12.1 Å². The summed E-state index contributed by atoms with van der Waals surface area (Å²) in [4.78, 5) is 10.9. The summed E-state index contributed by atoms with van der Waals surface area (Å²) in [7, 11) is 0. The molecule has 0 atom stereocenters. The van der Waals surface area contributed by atoms with E-state index < -0.39 is 5.91 Å². The van der Waals surface area contributed by atoms with Crippen LogP contribution in [0.2, 0.25) is 0 Å². The maximum Gasteiger partial charge on any atom is 0.238 e. The van der Waals surface area contributed by atoms with Crippen LogP contribution < -0.4 is 5.32 Å². The molecule has 0 bridgehead atoms. The van der Waals surface area contributed by atoms with E-state index in [2.05, 4.69) is 5.32 Å². The minimum atomic E-state index is -0.488. The number of aromatic hydroxyl groups is 2. The molecule has 0 saturated heterocycles. The lowest BCUT2D eigenvalue weighted by Gasteiger charge is -2.03. The molecular weight excluding hydrogens is 184 g/mol. The van der Waals surface area contributed by atoms with Crippen LogP contribution in [-0.2, 0) is 4.79 Å². The fraction of sp³-hybridized carbons (Fsp3) is 0.111. The van der Waals surface area contributed by atoms with Crippen LogP contribution in [0.25, 0.3) is 0 Å². The van der Waals surface area contributed by atoms with Crippen molar-refractivity contribution >= 4 is 11.6 Å². The molecule has 1 rings (SSSR count). The first-order valence-electron chi connectivity index (χ1n) is 3.81. The molecule has 14 heavy (non-hydrogen) atoms. The summed E-state index contributed by atoms with van der Waals surface area (Å²) in [6.45, 7) is 0. The zero-order valence-electron chi connectivity index (χ0n) is 7.19. The number of nitrogens with zero attached hydrogens (tertiary/aromatic N) is 1. The molecule has 0 aliphatic heterocycles. The van der Waals surface area contributed by atoms with Gasteiger partial charge in [0.15, 0.2) is 0 Å². The van der Waals surface area contributed by atoms with E-state index in [1.54, 1.807) is 6.07 Å². The Labute approximate surface area is 80.2 Å². The van der Waals surface area contributed by atoms with Crippen molar-refractivity contribution in [2.75, 3.05) is 5.32 Å². The van der Waals surface area contributed by atoms with Crippen molar-refractivity contribution in [3.63, 3.8) is 0 Å². The number of nitrogens with one attached hydrogen (secondary N) is 1. The Morgan fingerprint density at radius 1 is 1.36 bits per heavy atom. The summed E-state index contributed by atoms with van der Waals surface area (Å²) >= 11 is 0. The van der Waals surface area contributed by atoms with E-state index in [9.17, 15) is 4.79 Å². The maximum atomic E-state index is 10.9. The van der Waals surface area contributed by atoms with Gasteiger partial charge in [-0.15, -0.1) is 0 Å². The molecule has 0 unspecified atom stereocenters. The molecule has 0 radical (unpaired) electrons. The average Bonchev–Trinajstić information content (AvgIpc) is 2.01. The Kier molecular flexibility index (Phi) is 2.92.